The summed E-state index contributed by atoms with van der Waals surface area (Å²) < 4.78 is 7.28. The SMILES string of the molecule is COc1ccc(-c2cnc3c(Nc4ccc(C(=O)NCCN5CCN(C)CC5)c(C)c4)nccn23)cc1. The minimum absolute atomic E-state index is 0.0456. The van der Waals surface area contributed by atoms with Gasteiger partial charge < -0.3 is 20.3 Å². The van der Waals surface area contributed by atoms with Gasteiger partial charge in [-0.05, 0) is 62.0 Å². The highest BCUT2D eigenvalue weighted by atomic mass is 16.5. The van der Waals surface area contributed by atoms with E-state index in [4.69, 9.17) is 4.74 Å². The number of aromatic nitrogens is 3. The second-order valence-electron chi connectivity index (χ2n) is 9.40. The molecule has 0 saturated carbocycles. The number of anilines is 2. The van der Waals surface area contributed by atoms with Gasteiger partial charge in [-0.25, -0.2) is 9.97 Å². The lowest BCUT2D eigenvalue weighted by Crippen LogP contribution is -2.46. The van der Waals surface area contributed by atoms with E-state index in [1.165, 1.54) is 0 Å². The van der Waals surface area contributed by atoms with Crippen LogP contribution in [-0.4, -0.2) is 83.5 Å². The quantitative estimate of drug-likeness (QED) is 0.384. The molecule has 0 radical (unpaired) electrons. The molecular weight excluding hydrogens is 466 g/mol. The Kier molecular flexibility index (Phi) is 7.34. The molecule has 2 aromatic heterocycles. The summed E-state index contributed by atoms with van der Waals surface area (Å²) in [5.41, 5.74) is 5.14. The maximum atomic E-state index is 12.8. The van der Waals surface area contributed by atoms with E-state index in [0.717, 1.165) is 66.6 Å². The van der Waals surface area contributed by atoms with Gasteiger partial charge in [0.25, 0.3) is 5.91 Å². The van der Waals surface area contributed by atoms with Gasteiger partial charge in [0.2, 0.25) is 0 Å². The van der Waals surface area contributed by atoms with E-state index in [1.54, 1.807) is 13.3 Å². The number of fused-ring (bicyclic) bond motifs is 1. The highest BCUT2D eigenvalue weighted by molar-refractivity contribution is 5.96. The predicted molar refractivity (Wildman–Crippen MR) is 146 cm³/mol. The molecule has 4 aromatic rings. The van der Waals surface area contributed by atoms with Crippen molar-refractivity contribution in [3.8, 4) is 17.0 Å². The minimum Gasteiger partial charge on any atom is -0.497 e. The first-order chi connectivity index (χ1) is 18.0. The van der Waals surface area contributed by atoms with Gasteiger partial charge in [-0.15, -0.1) is 0 Å². The number of hydrogen-bond acceptors (Lipinski definition) is 7. The van der Waals surface area contributed by atoms with Gasteiger partial charge >= 0.3 is 0 Å². The molecule has 1 fully saturated rings. The van der Waals surface area contributed by atoms with Crippen LogP contribution in [-0.2, 0) is 0 Å². The number of ether oxygens (including phenoxy) is 1. The van der Waals surface area contributed by atoms with Crippen LogP contribution in [0.5, 0.6) is 5.75 Å². The number of nitrogens with one attached hydrogen (secondary N) is 2. The molecule has 9 nitrogen and oxygen atoms in total. The van der Waals surface area contributed by atoms with Crippen LogP contribution in [0.3, 0.4) is 0 Å². The fraction of sp³-hybridized carbons (Fsp3) is 0.321. The average molecular weight is 500 g/mol. The third-order valence-electron chi connectivity index (χ3n) is 6.86. The van der Waals surface area contributed by atoms with E-state index in [0.29, 0.717) is 17.9 Å². The molecule has 37 heavy (non-hydrogen) atoms. The van der Waals surface area contributed by atoms with Crippen LogP contribution in [0.1, 0.15) is 15.9 Å². The number of likely N-dealkylation sites (N-methyl/N-ethyl adjacent to an activating group) is 1. The second kappa shape index (κ2) is 11.0. The molecule has 2 aromatic carbocycles. The zero-order chi connectivity index (χ0) is 25.8. The smallest absolute Gasteiger partial charge is 0.251 e. The molecular formula is C28H33N7O2. The van der Waals surface area contributed by atoms with Crippen LogP contribution >= 0.6 is 0 Å². The number of nitrogens with zero attached hydrogens (tertiary/aromatic N) is 5. The molecule has 1 aliphatic heterocycles. The minimum atomic E-state index is -0.0456. The van der Waals surface area contributed by atoms with Gasteiger partial charge in [-0.3, -0.25) is 14.1 Å². The van der Waals surface area contributed by atoms with E-state index in [1.807, 2.05) is 66.2 Å². The number of piperazine rings is 1. The van der Waals surface area contributed by atoms with Gasteiger partial charge in [-0.1, -0.05) is 0 Å². The third-order valence-corrected chi connectivity index (χ3v) is 6.86. The summed E-state index contributed by atoms with van der Waals surface area (Å²) in [4.78, 5) is 26.6. The molecule has 5 rings (SSSR count). The van der Waals surface area contributed by atoms with E-state index in [-0.39, 0.29) is 5.91 Å². The van der Waals surface area contributed by atoms with Gasteiger partial charge in [0, 0.05) is 68.5 Å². The molecule has 0 unspecified atom stereocenters. The van der Waals surface area contributed by atoms with Crippen molar-refractivity contribution in [3.05, 3.63) is 72.2 Å². The molecule has 2 N–H and O–H groups in total. The van der Waals surface area contributed by atoms with Crippen molar-refractivity contribution in [2.24, 2.45) is 0 Å². The third kappa shape index (κ3) is 5.58. The summed E-state index contributed by atoms with van der Waals surface area (Å²) in [5, 5.41) is 6.44. The number of methoxy groups -OCH3 is 1. The van der Waals surface area contributed by atoms with Crippen molar-refractivity contribution in [2.75, 3.05) is 58.7 Å². The summed E-state index contributed by atoms with van der Waals surface area (Å²) in [5.74, 6) is 1.41. The molecule has 1 aliphatic rings. The van der Waals surface area contributed by atoms with Gasteiger partial charge in [0.05, 0.1) is 19.0 Å². The molecule has 192 valence electrons. The first-order valence-corrected chi connectivity index (χ1v) is 12.5. The fourth-order valence-corrected chi connectivity index (χ4v) is 4.61. The topological polar surface area (TPSA) is 87.0 Å². The first kappa shape index (κ1) is 24.7. The van der Waals surface area contributed by atoms with E-state index >= 15 is 0 Å². The molecule has 3 heterocycles. The van der Waals surface area contributed by atoms with E-state index in [9.17, 15) is 4.79 Å². The largest absolute Gasteiger partial charge is 0.497 e. The number of hydrogen-bond donors (Lipinski definition) is 2. The highest BCUT2D eigenvalue weighted by Crippen LogP contribution is 2.27. The van der Waals surface area contributed by atoms with Crippen molar-refractivity contribution in [1.82, 2.24) is 29.5 Å². The van der Waals surface area contributed by atoms with Crippen molar-refractivity contribution >= 4 is 23.1 Å². The molecule has 0 bridgehead atoms. The summed E-state index contributed by atoms with van der Waals surface area (Å²) in [6.07, 6.45) is 5.48. The zero-order valence-corrected chi connectivity index (χ0v) is 21.6. The van der Waals surface area contributed by atoms with E-state index in [2.05, 4.69) is 37.4 Å². The zero-order valence-electron chi connectivity index (χ0n) is 21.6. The Balaban J connectivity index is 1.25. The standard InChI is InChI=1S/C28H33N7O2/c1-20-18-22(6-9-24(20)28(36)30-10-12-34-16-14-33(2)15-17-34)32-26-27-31-19-25(35(27)13-11-29-26)21-4-7-23(37-3)8-5-21/h4-9,11,13,18-19H,10,12,14-17H2,1-3H3,(H,29,32)(H,30,36). The van der Waals surface area contributed by atoms with Crippen molar-refractivity contribution in [2.45, 2.75) is 6.92 Å². The van der Waals surface area contributed by atoms with Gasteiger partial charge in [0.15, 0.2) is 11.5 Å². The Bertz CT molecular complexity index is 1380. The van der Waals surface area contributed by atoms with Gasteiger partial charge in [0.1, 0.15) is 5.75 Å². The number of carbonyl (C=O) groups excluding carboxylic acids is 1. The molecule has 0 aliphatic carbocycles. The van der Waals surface area contributed by atoms with Crippen molar-refractivity contribution < 1.29 is 9.53 Å². The Morgan fingerprint density at radius 1 is 1.05 bits per heavy atom. The molecule has 1 amide bonds. The van der Waals surface area contributed by atoms with Crippen LogP contribution in [0.4, 0.5) is 11.5 Å². The lowest BCUT2D eigenvalue weighted by molar-refractivity contribution is 0.0940. The van der Waals surface area contributed by atoms with Crippen LogP contribution in [0.15, 0.2) is 61.1 Å². The van der Waals surface area contributed by atoms with Crippen LogP contribution < -0.4 is 15.4 Å². The van der Waals surface area contributed by atoms with Crippen molar-refractivity contribution in [3.63, 3.8) is 0 Å². The predicted octanol–water partition coefficient (Wildman–Crippen LogP) is 3.43. The van der Waals surface area contributed by atoms with Crippen molar-refractivity contribution in [1.29, 1.82) is 0 Å². The number of rotatable bonds is 8. The number of imidazole rings is 1. The van der Waals surface area contributed by atoms with Crippen LogP contribution in [0.25, 0.3) is 16.9 Å². The summed E-state index contributed by atoms with van der Waals surface area (Å²) in [6, 6.07) is 13.6. The summed E-state index contributed by atoms with van der Waals surface area (Å²) >= 11 is 0. The van der Waals surface area contributed by atoms with Gasteiger partial charge in [-0.2, -0.15) is 0 Å². The molecule has 9 heteroatoms. The number of carbonyl (C=O) groups is 1. The maximum absolute atomic E-state index is 12.8. The highest BCUT2D eigenvalue weighted by Gasteiger charge is 2.15. The van der Waals surface area contributed by atoms with E-state index < -0.39 is 0 Å². The fourth-order valence-electron chi connectivity index (χ4n) is 4.61. The second-order valence-corrected chi connectivity index (χ2v) is 9.40. The Labute approximate surface area is 217 Å². The summed E-state index contributed by atoms with van der Waals surface area (Å²) in [7, 11) is 3.80. The number of benzene rings is 2. The lowest BCUT2D eigenvalue weighted by Gasteiger charge is -2.32. The maximum Gasteiger partial charge on any atom is 0.251 e. The first-order valence-electron chi connectivity index (χ1n) is 12.5. The lowest BCUT2D eigenvalue weighted by atomic mass is 10.1. The Morgan fingerprint density at radius 2 is 1.84 bits per heavy atom. The molecule has 0 atom stereocenters. The van der Waals surface area contributed by atoms with Crippen LogP contribution in [0.2, 0.25) is 0 Å². The average Bonchev–Trinajstić information content (AvgIpc) is 3.35. The molecule has 0 spiro atoms. The summed E-state index contributed by atoms with van der Waals surface area (Å²) in [6.45, 7) is 7.71. The molecule has 1 saturated heterocycles. The number of amides is 1. The van der Waals surface area contributed by atoms with Crippen LogP contribution in [0, 0.1) is 6.92 Å². The number of aryl methyl sites for hydroxylation is 1. The normalized spacial score (nSPS) is 14.6. The Morgan fingerprint density at radius 3 is 2.57 bits per heavy atom. The monoisotopic (exact) mass is 499 g/mol. The Hall–Kier alpha value is -3.95.